The van der Waals surface area contributed by atoms with E-state index in [0.29, 0.717) is 12.1 Å². The normalized spacial score (nSPS) is 19.3. The standard InChI is InChI=1S/C18H23N3O5/c1-5-18(4)16(24)21(17(25)20-18)9-15(23)26-10-14(22)19-13-7-11(2)6-12(3)8-13/h6-8H,5,9-10H2,1-4H3,(H,19,22)(H,20,25)/t18-/m1/s1. The Hall–Kier alpha value is -2.90. The van der Waals surface area contributed by atoms with Crippen LogP contribution in [-0.2, 0) is 19.1 Å². The fourth-order valence-corrected chi connectivity index (χ4v) is 2.69. The number of anilines is 1. The number of nitrogens with one attached hydrogen (secondary N) is 2. The lowest BCUT2D eigenvalue weighted by Crippen LogP contribution is -2.43. The van der Waals surface area contributed by atoms with Crippen LogP contribution in [-0.4, -0.2) is 47.4 Å². The summed E-state index contributed by atoms with van der Waals surface area (Å²) in [5.41, 5.74) is 1.58. The van der Waals surface area contributed by atoms with Crippen LogP contribution in [0.25, 0.3) is 0 Å². The van der Waals surface area contributed by atoms with Crippen molar-refractivity contribution in [2.75, 3.05) is 18.5 Å². The van der Waals surface area contributed by atoms with Crippen molar-refractivity contribution in [3.05, 3.63) is 29.3 Å². The molecule has 0 aliphatic carbocycles. The van der Waals surface area contributed by atoms with Crippen LogP contribution in [0, 0.1) is 13.8 Å². The summed E-state index contributed by atoms with van der Waals surface area (Å²) in [4.78, 5) is 48.6. The zero-order valence-corrected chi connectivity index (χ0v) is 15.3. The number of nitrogens with zero attached hydrogens (tertiary/aromatic N) is 1. The first-order valence-corrected chi connectivity index (χ1v) is 8.32. The molecule has 2 N–H and O–H groups in total. The molecule has 1 saturated heterocycles. The lowest BCUT2D eigenvalue weighted by molar-refractivity contribution is -0.150. The van der Waals surface area contributed by atoms with Gasteiger partial charge in [0.25, 0.3) is 11.8 Å². The van der Waals surface area contributed by atoms with E-state index in [0.717, 1.165) is 16.0 Å². The Morgan fingerprint density at radius 2 is 1.81 bits per heavy atom. The predicted octanol–water partition coefficient (Wildman–Crippen LogP) is 1.51. The molecule has 1 heterocycles. The Kier molecular flexibility index (Phi) is 5.64. The molecular formula is C18H23N3O5. The summed E-state index contributed by atoms with van der Waals surface area (Å²) < 4.78 is 4.87. The highest BCUT2D eigenvalue weighted by atomic mass is 16.5. The molecule has 1 aromatic carbocycles. The number of ether oxygens (including phenoxy) is 1. The highest BCUT2D eigenvalue weighted by Gasteiger charge is 2.47. The van der Waals surface area contributed by atoms with Crippen LogP contribution in [0.1, 0.15) is 31.4 Å². The average Bonchev–Trinajstić information content (AvgIpc) is 2.76. The van der Waals surface area contributed by atoms with Crippen molar-refractivity contribution in [3.8, 4) is 0 Å². The molecule has 8 nitrogen and oxygen atoms in total. The number of aryl methyl sites for hydroxylation is 2. The summed E-state index contributed by atoms with van der Waals surface area (Å²) in [6.45, 7) is 6.14. The number of amides is 4. The van der Waals surface area contributed by atoms with Crippen LogP contribution in [0.4, 0.5) is 10.5 Å². The molecule has 1 aliphatic heterocycles. The third-order valence-corrected chi connectivity index (χ3v) is 4.21. The Morgan fingerprint density at radius 3 is 2.35 bits per heavy atom. The van der Waals surface area contributed by atoms with Crippen molar-refractivity contribution >= 4 is 29.5 Å². The Labute approximate surface area is 151 Å². The van der Waals surface area contributed by atoms with Gasteiger partial charge in [0.15, 0.2) is 6.61 Å². The summed E-state index contributed by atoms with van der Waals surface area (Å²) in [6.07, 6.45) is 0.404. The number of benzene rings is 1. The van der Waals surface area contributed by atoms with Crippen LogP contribution in [0.3, 0.4) is 0 Å². The van der Waals surface area contributed by atoms with E-state index < -0.39 is 42.5 Å². The zero-order valence-electron chi connectivity index (χ0n) is 15.3. The number of esters is 1. The number of hydrogen-bond donors (Lipinski definition) is 2. The van der Waals surface area contributed by atoms with Gasteiger partial charge in [-0.2, -0.15) is 0 Å². The van der Waals surface area contributed by atoms with Gasteiger partial charge in [-0.25, -0.2) is 4.79 Å². The first-order valence-electron chi connectivity index (χ1n) is 8.32. The third-order valence-electron chi connectivity index (χ3n) is 4.21. The quantitative estimate of drug-likeness (QED) is 0.590. The van der Waals surface area contributed by atoms with E-state index in [1.165, 1.54) is 0 Å². The maximum atomic E-state index is 12.2. The Bertz CT molecular complexity index is 741. The van der Waals surface area contributed by atoms with Gasteiger partial charge in [0, 0.05) is 5.69 Å². The highest BCUT2D eigenvalue weighted by molar-refractivity contribution is 6.08. The topological polar surface area (TPSA) is 105 Å². The first-order chi connectivity index (χ1) is 12.1. The van der Waals surface area contributed by atoms with Crippen LogP contribution >= 0.6 is 0 Å². The maximum absolute atomic E-state index is 12.2. The Balaban J connectivity index is 1.86. The molecule has 1 aromatic rings. The Morgan fingerprint density at radius 1 is 1.19 bits per heavy atom. The van der Waals surface area contributed by atoms with Gasteiger partial charge in [0.05, 0.1) is 0 Å². The number of urea groups is 1. The van der Waals surface area contributed by atoms with Gasteiger partial charge >= 0.3 is 12.0 Å². The van der Waals surface area contributed by atoms with Crippen molar-refractivity contribution < 1.29 is 23.9 Å². The molecule has 2 rings (SSSR count). The molecule has 4 amide bonds. The molecule has 0 aromatic heterocycles. The fraction of sp³-hybridized carbons (Fsp3) is 0.444. The maximum Gasteiger partial charge on any atom is 0.326 e. The summed E-state index contributed by atoms with van der Waals surface area (Å²) in [6, 6.07) is 4.92. The lowest BCUT2D eigenvalue weighted by Gasteiger charge is -2.18. The molecule has 0 radical (unpaired) electrons. The van der Waals surface area contributed by atoms with E-state index in [1.54, 1.807) is 26.0 Å². The minimum Gasteiger partial charge on any atom is -0.454 e. The second-order valence-corrected chi connectivity index (χ2v) is 6.59. The zero-order chi connectivity index (χ0) is 19.5. The molecular weight excluding hydrogens is 338 g/mol. The number of hydrogen-bond acceptors (Lipinski definition) is 5. The molecule has 1 fully saturated rings. The second kappa shape index (κ2) is 7.55. The molecule has 140 valence electrons. The molecule has 0 spiro atoms. The van der Waals surface area contributed by atoms with E-state index >= 15 is 0 Å². The van der Waals surface area contributed by atoms with E-state index in [2.05, 4.69) is 10.6 Å². The summed E-state index contributed by atoms with van der Waals surface area (Å²) >= 11 is 0. The minimum absolute atomic E-state index is 0.404. The van der Waals surface area contributed by atoms with Crippen LogP contribution in [0.5, 0.6) is 0 Å². The van der Waals surface area contributed by atoms with E-state index in [-0.39, 0.29) is 0 Å². The van der Waals surface area contributed by atoms with Gasteiger partial charge in [0.1, 0.15) is 12.1 Å². The molecule has 1 atom stereocenters. The van der Waals surface area contributed by atoms with Crippen molar-refractivity contribution in [2.45, 2.75) is 39.7 Å². The smallest absolute Gasteiger partial charge is 0.326 e. The van der Waals surface area contributed by atoms with Gasteiger partial charge in [-0.15, -0.1) is 0 Å². The number of rotatable bonds is 6. The van der Waals surface area contributed by atoms with Gasteiger partial charge in [-0.1, -0.05) is 13.0 Å². The van der Waals surface area contributed by atoms with Crippen LogP contribution in [0.2, 0.25) is 0 Å². The van der Waals surface area contributed by atoms with E-state index in [4.69, 9.17) is 4.74 Å². The number of imide groups is 1. The largest absolute Gasteiger partial charge is 0.454 e. The van der Waals surface area contributed by atoms with Crippen molar-refractivity contribution in [2.24, 2.45) is 0 Å². The highest BCUT2D eigenvalue weighted by Crippen LogP contribution is 2.20. The molecule has 26 heavy (non-hydrogen) atoms. The number of carbonyl (C=O) groups is 4. The van der Waals surface area contributed by atoms with Crippen molar-refractivity contribution in [1.82, 2.24) is 10.2 Å². The van der Waals surface area contributed by atoms with E-state index in [9.17, 15) is 19.2 Å². The fourth-order valence-electron chi connectivity index (χ4n) is 2.69. The molecule has 0 unspecified atom stereocenters. The van der Waals surface area contributed by atoms with Crippen LogP contribution < -0.4 is 10.6 Å². The summed E-state index contributed by atoms with van der Waals surface area (Å²) in [7, 11) is 0. The first kappa shape index (κ1) is 19.4. The second-order valence-electron chi connectivity index (χ2n) is 6.59. The van der Waals surface area contributed by atoms with Gasteiger partial charge in [0.2, 0.25) is 0 Å². The van der Waals surface area contributed by atoms with Gasteiger partial charge in [-0.05, 0) is 50.5 Å². The molecule has 0 saturated carbocycles. The summed E-state index contributed by atoms with van der Waals surface area (Å²) in [5.74, 6) is -1.81. The van der Waals surface area contributed by atoms with Gasteiger partial charge < -0.3 is 15.4 Å². The number of carbonyl (C=O) groups excluding carboxylic acids is 4. The SMILES string of the molecule is CC[C@@]1(C)NC(=O)N(CC(=O)OCC(=O)Nc2cc(C)cc(C)c2)C1=O. The molecule has 8 heteroatoms. The third kappa shape index (κ3) is 4.38. The van der Waals surface area contributed by atoms with Crippen molar-refractivity contribution in [1.29, 1.82) is 0 Å². The predicted molar refractivity (Wildman–Crippen MR) is 94.4 cm³/mol. The average molecular weight is 361 g/mol. The van der Waals surface area contributed by atoms with Gasteiger partial charge in [-0.3, -0.25) is 19.3 Å². The summed E-state index contributed by atoms with van der Waals surface area (Å²) in [5, 5.41) is 5.18. The van der Waals surface area contributed by atoms with Crippen LogP contribution in [0.15, 0.2) is 18.2 Å². The molecule has 0 bridgehead atoms. The van der Waals surface area contributed by atoms with Crippen molar-refractivity contribution in [3.63, 3.8) is 0 Å². The minimum atomic E-state index is -1.02. The monoisotopic (exact) mass is 361 g/mol. The lowest BCUT2D eigenvalue weighted by atomic mass is 9.99. The molecule has 1 aliphatic rings. The van der Waals surface area contributed by atoms with E-state index in [1.807, 2.05) is 19.9 Å².